The summed E-state index contributed by atoms with van der Waals surface area (Å²) in [6.07, 6.45) is 2.18. The van der Waals surface area contributed by atoms with E-state index in [1.54, 1.807) is 18.2 Å². The number of ether oxygens (including phenoxy) is 2. The van der Waals surface area contributed by atoms with Gasteiger partial charge in [0.15, 0.2) is 17.2 Å². The third-order valence-corrected chi connectivity index (χ3v) is 2.71. The molecule has 0 saturated heterocycles. The first-order valence-electron chi connectivity index (χ1n) is 5.80. The van der Waals surface area contributed by atoms with E-state index >= 15 is 0 Å². The van der Waals surface area contributed by atoms with Crippen molar-refractivity contribution < 1.29 is 19.4 Å². The molecule has 0 spiro atoms. The minimum Gasteiger partial charge on any atom is -0.490 e. The molecule has 0 unspecified atom stereocenters. The van der Waals surface area contributed by atoms with E-state index < -0.39 is 5.97 Å². The van der Waals surface area contributed by atoms with Gasteiger partial charge in [-0.1, -0.05) is 5.21 Å². The molecule has 1 aromatic heterocycles. The number of carbonyl (C=O) groups is 1. The van der Waals surface area contributed by atoms with Crippen LogP contribution in [0.3, 0.4) is 0 Å². The number of aromatic nitrogens is 3. The molecule has 7 heteroatoms. The molecule has 0 bridgehead atoms. The summed E-state index contributed by atoms with van der Waals surface area (Å²) < 4.78 is 12.5. The highest BCUT2D eigenvalue weighted by Crippen LogP contribution is 2.31. The second-order valence-corrected chi connectivity index (χ2v) is 4.04. The van der Waals surface area contributed by atoms with Gasteiger partial charge in [0.25, 0.3) is 0 Å². The Morgan fingerprint density at radius 3 is 2.79 bits per heavy atom. The van der Waals surface area contributed by atoms with Crippen LogP contribution >= 0.6 is 0 Å². The Labute approximate surface area is 108 Å². The average molecular weight is 261 g/mol. The van der Waals surface area contributed by atoms with Gasteiger partial charge in [-0.05, 0) is 12.1 Å². The van der Waals surface area contributed by atoms with Crippen molar-refractivity contribution >= 4 is 5.97 Å². The highest BCUT2D eigenvalue weighted by molar-refractivity contribution is 5.84. The lowest BCUT2D eigenvalue weighted by atomic mass is 10.3. The Morgan fingerprint density at radius 2 is 2.05 bits per heavy atom. The Morgan fingerprint density at radius 1 is 1.26 bits per heavy atom. The summed E-state index contributed by atoms with van der Waals surface area (Å²) in [5.41, 5.74) is 0.566. The van der Waals surface area contributed by atoms with Crippen molar-refractivity contribution in [1.29, 1.82) is 0 Å². The second-order valence-electron chi connectivity index (χ2n) is 4.04. The van der Waals surface area contributed by atoms with Gasteiger partial charge in [-0.2, -0.15) is 0 Å². The molecule has 2 aromatic rings. The van der Waals surface area contributed by atoms with Crippen LogP contribution in [0.15, 0.2) is 24.4 Å². The summed E-state index contributed by atoms with van der Waals surface area (Å²) in [7, 11) is 0. The topological polar surface area (TPSA) is 86.5 Å². The van der Waals surface area contributed by atoms with Crippen molar-refractivity contribution in [2.45, 2.75) is 6.42 Å². The minimum absolute atomic E-state index is 0.105. The zero-order valence-electron chi connectivity index (χ0n) is 9.94. The van der Waals surface area contributed by atoms with Gasteiger partial charge in [0, 0.05) is 12.5 Å². The van der Waals surface area contributed by atoms with Gasteiger partial charge in [-0.3, -0.25) is 0 Å². The molecule has 0 aliphatic carbocycles. The van der Waals surface area contributed by atoms with Gasteiger partial charge in [0.05, 0.1) is 25.1 Å². The summed E-state index contributed by atoms with van der Waals surface area (Å²) in [6.45, 7) is 1.22. The Balaban J connectivity index is 1.96. The molecule has 3 rings (SSSR count). The number of nitrogens with zero attached hydrogens (tertiary/aromatic N) is 3. The number of fused-ring (bicyclic) bond motifs is 1. The fourth-order valence-electron chi connectivity index (χ4n) is 1.78. The third-order valence-electron chi connectivity index (χ3n) is 2.71. The molecular formula is C12H11N3O4. The normalized spacial score (nSPS) is 13.9. The average Bonchev–Trinajstić information content (AvgIpc) is 2.78. The number of carboxylic acids is 1. The van der Waals surface area contributed by atoms with Gasteiger partial charge in [0.2, 0.25) is 0 Å². The first-order chi connectivity index (χ1) is 9.24. The monoisotopic (exact) mass is 261 g/mol. The van der Waals surface area contributed by atoms with Crippen molar-refractivity contribution in [1.82, 2.24) is 15.0 Å². The molecular weight excluding hydrogens is 250 g/mol. The summed E-state index contributed by atoms with van der Waals surface area (Å²) in [6, 6.07) is 5.30. The molecule has 0 atom stereocenters. The first-order valence-corrected chi connectivity index (χ1v) is 5.80. The number of hydrogen-bond donors (Lipinski definition) is 1. The predicted molar refractivity (Wildman–Crippen MR) is 63.9 cm³/mol. The fourth-order valence-corrected chi connectivity index (χ4v) is 1.78. The van der Waals surface area contributed by atoms with E-state index in [0.29, 0.717) is 30.4 Å². The van der Waals surface area contributed by atoms with Gasteiger partial charge in [0.1, 0.15) is 0 Å². The number of hydrogen-bond acceptors (Lipinski definition) is 5. The lowest BCUT2D eigenvalue weighted by molar-refractivity contribution is 0.0690. The minimum atomic E-state index is -1.11. The Kier molecular flexibility index (Phi) is 2.79. The molecule has 0 radical (unpaired) electrons. The van der Waals surface area contributed by atoms with Crippen LogP contribution in [0.5, 0.6) is 11.5 Å². The molecule has 1 aliphatic rings. The SMILES string of the molecule is O=C(O)c1cn(-c2ccc3c(c2)OCCCO3)nn1. The van der Waals surface area contributed by atoms with Gasteiger partial charge in [-0.25, -0.2) is 9.48 Å². The molecule has 98 valence electrons. The van der Waals surface area contributed by atoms with Crippen LogP contribution in [0.1, 0.15) is 16.9 Å². The maximum absolute atomic E-state index is 10.8. The third kappa shape index (κ3) is 2.22. The molecule has 1 aromatic carbocycles. The molecule has 7 nitrogen and oxygen atoms in total. The molecule has 0 saturated carbocycles. The highest BCUT2D eigenvalue weighted by Gasteiger charge is 2.13. The van der Waals surface area contributed by atoms with Crippen LogP contribution < -0.4 is 9.47 Å². The van der Waals surface area contributed by atoms with Crippen LogP contribution in [0.2, 0.25) is 0 Å². The van der Waals surface area contributed by atoms with Gasteiger partial charge in [-0.15, -0.1) is 5.10 Å². The number of carboxylic acid groups (broad SMARTS) is 1. The lowest BCUT2D eigenvalue weighted by Gasteiger charge is -2.08. The van der Waals surface area contributed by atoms with E-state index in [2.05, 4.69) is 10.3 Å². The quantitative estimate of drug-likeness (QED) is 0.872. The second kappa shape index (κ2) is 4.60. The summed E-state index contributed by atoms with van der Waals surface area (Å²) >= 11 is 0. The van der Waals surface area contributed by atoms with Crippen LogP contribution in [0.4, 0.5) is 0 Å². The van der Waals surface area contributed by atoms with Crippen molar-refractivity contribution in [2.75, 3.05) is 13.2 Å². The zero-order valence-corrected chi connectivity index (χ0v) is 9.94. The van der Waals surface area contributed by atoms with E-state index in [0.717, 1.165) is 6.42 Å². The molecule has 1 N–H and O–H groups in total. The molecule has 19 heavy (non-hydrogen) atoms. The standard InChI is InChI=1S/C12H11N3O4/c16-12(17)9-7-15(14-13-9)8-2-3-10-11(6-8)19-5-1-4-18-10/h2-3,6-7H,1,4-5H2,(H,16,17). The molecule has 1 aliphatic heterocycles. The first kappa shape index (κ1) is 11.5. The van der Waals surface area contributed by atoms with Crippen LogP contribution in [-0.2, 0) is 0 Å². The Bertz CT molecular complexity index is 623. The van der Waals surface area contributed by atoms with Crippen molar-refractivity contribution in [3.63, 3.8) is 0 Å². The smallest absolute Gasteiger partial charge is 0.358 e. The number of rotatable bonds is 2. The van der Waals surface area contributed by atoms with E-state index in [-0.39, 0.29) is 5.69 Å². The molecule has 0 fully saturated rings. The summed E-state index contributed by atoms with van der Waals surface area (Å²) in [5, 5.41) is 16.1. The number of aromatic carboxylic acids is 1. The van der Waals surface area contributed by atoms with E-state index in [1.807, 2.05) is 0 Å². The van der Waals surface area contributed by atoms with Crippen LogP contribution in [0, 0.1) is 0 Å². The van der Waals surface area contributed by atoms with E-state index in [9.17, 15) is 4.79 Å². The van der Waals surface area contributed by atoms with Crippen molar-refractivity contribution in [3.05, 3.63) is 30.1 Å². The molecule has 0 amide bonds. The maximum Gasteiger partial charge on any atom is 0.358 e. The lowest BCUT2D eigenvalue weighted by Crippen LogP contribution is -1.98. The Hall–Kier alpha value is -2.57. The van der Waals surface area contributed by atoms with Gasteiger partial charge >= 0.3 is 5.97 Å². The van der Waals surface area contributed by atoms with E-state index in [4.69, 9.17) is 14.6 Å². The summed E-state index contributed by atoms with van der Waals surface area (Å²) in [5.74, 6) is 0.197. The predicted octanol–water partition coefficient (Wildman–Crippen LogP) is 1.13. The largest absolute Gasteiger partial charge is 0.490 e. The maximum atomic E-state index is 10.8. The van der Waals surface area contributed by atoms with Crippen LogP contribution in [0.25, 0.3) is 5.69 Å². The zero-order chi connectivity index (χ0) is 13.2. The van der Waals surface area contributed by atoms with Crippen molar-refractivity contribution in [2.24, 2.45) is 0 Å². The van der Waals surface area contributed by atoms with Gasteiger partial charge < -0.3 is 14.6 Å². The molecule has 2 heterocycles. The van der Waals surface area contributed by atoms with E-state index in [1.165, 1.54) is 10.9 Å². The number of benzene rings is 1. The fraction of sp³-hybridized carbons (Fsp3) is 0.250. The highest BCUT2D eigenvalue weighted by atomic mass is 16.5. The van der Waals surface area contributed by atoms with Crippen LogP contribution in [-0.4, -0.2) is 39.3 Å². The summed E-state index contributed by atoms with van der Waals surface area (Å²) in [4.78, 5) is 10.8. The van der Waals surface area contributed by atoms with Crippen molar-refractivity contribution in [3.8, 4) is 17.2 Å².